The summed E-state index contributed by atoms with van der Waals surface area (Å²) in [6.07, 6.45) is 4.12. The number of fused-ring (bicyclic) bond motifs is 1. The van der Waals surface area contributed by atoms with Gasteiger partial charge in [0.2, 0.25) is 0 Å². The lowest BCUT2D eigenvalue weighted by atomic mass is 9.90. The zero-order valence-electron chi connectivity index (χ0n) is 12.1. The van der Waals surface area contributed by atoms with Gasteiger partial charge in [-0.05, 0) is 25.0 Å². The highest BCUT2D eigenvalue weighted by Gasteiger charge is 2.51. The molecular formula is C16H15FN4O. The van der Waals surface area contributed by atoms with Crippen LogP contribution in [0.15, 0.2) is 18.3 Å². The molecule has 0 saturated heterocycles. The molecule has 6 heteroatoms. The molecule has 112 valence electrons. The molecule has 0 bridgehead atoms. The first-order chi connectivity index (χ1) is 10.5. The van der Waals surface area contributed by atoms with E-state index in [0.717, 1.165) is 12.8 Å². The molecule has 1 aliphatic carbocycles. The van der Waals surface area contributed by atoms with Gasteiger partial charge in [-0.25, -0.2) is 4.39 Å². The van der Waals surface area contributed by atoms with E-state index in [1.54, 1.807) is 24.0 Å². The van der Waals surface area contributed by atoms with Crippen LogP contribution in [0.1, 0.15) is 36.4 Å². The van der Waals surface area contributed by atoms with E-state index >= 15 is 0 Å². The Morgan fingerprint density at radius 1 is 1.55 bits per heavy atom. The Morgan fingerprint density at radius 3 is 2.91 bits per heavy atom. The molecule has 2 N–H and O–H groups in total. The van der Waals surface area contributed by atoms with Crippen LogP contribution in [-0.4, -0.2) is 15.4 Å². The SMILES string of the molecule is Cn1nccc1-c1c(F)cc2c(c1C#N)OC1(CC1)CC2N. The third-order valence-corrected chi connectivity index (χ3v) is 4.57. The molecule has 5 nitrogen and oxygen atoms in total. The van der Waals surface area contributed by atoms with Crippen molar-refractivity contribution < 1.29 is 9.13 Å². The maximum atomic E-state index is 14.6. The molecule has 1 spiro atoms. The lowest BCUT2D eigenvalue weighted by Crippen LogP contribution is -2.32. The fourth-order valence-electron chi connectivity index (χ4n) is 3.23. The third kappa shape index (κ3) is 1.76. The molecule has 1 aliphatic heterocycles. The van der Waals surface area contributed by atoms with Gasteiger partial charge in [0, 0.05) is 31.3 Å². The Morgan fingerprint density at radius 2 is 2.32 bits per heavy atom. The molecule has 2 aromatic rings. The van der Waals surface area contributed by atoms with E-state index in [0.29, 0.717) is 23.4 Å². The maximum absolute atomic E-state index is 14.6. The van der Waals surface area contributed by atoms with Crippen molar-refractivity contribution in [3.05, 3.63) is 35.3 Å². The van der Waals surface area contributed by atoms with E-state index < -0.39 is 5.82 Å². The van der Waals surface area contributed by atoms with Crippen LogP contribution in [0.5, 0.6) is 5.75 Å². The van der Waals surface area contributed by atoms with E-state index in [1.807, 2.05) is 0 Å². The minimum atomic E-state index is -0.468. The lowest BCUT2D eigenvalue weighted by Gasteiger charge is -2.32. The zero-order valence-corrected chi connectivity index (χ0v) is 12.1. The van der Waals surface area contributed by atoms with Crippen molar-refractivity contribution in [2.45, 2.75) is 30.9 Å². The molecule has 1 unspecified atom stereocenters. The van der Waals surface area contributed by atoms with Gasteiger partial charge in [-0.15, -0.1) is 0 Å². The Hall–Kier alpha value is -2.39. The minimum absolute atomic E-state index is 0.208. The van der Waals surface area contributed by atoms with Gasteiger partial charge >= 0.3 is 0 Å². The largest absolute Gasteiger partial charge is 0.485 e. The van der Waals surface area contributed by atoms with Gasteiger partial charge in [0.05, 0.1) is 11.3 Å². The molecule has 1 saturated carbocycles. The molecule has 0 radical (unpaired) electrons. The quantitative estimate of drug-likeness (QED) is 0.877. The van der Waals surface area contributed by atoms with Gasteiger partial charge in [-0.3, -0.25) is 4.68 Å². The second kappa shape index (κ2) is 4.31. The number of hydrogen-bond donors (Lipinski definition) is 1. The molecule has 2 aliphatic rings. The topological polar surface area (TPSA) is 76.9 Å². The number of nitrogens with zero attached hydrogens (tertiary/aromatic N) is 3. The molecule has 1 atom stereocenters. The van der Waals surface area contributed by atoms with Crippen molar-refractivity contribution in [2.24, 2.45) is 12.8 Å². The number of nitriles is 1. The van der Waals surface area contributed by atoms with E-state index in [4.69, 9.17) is 10.5 Å². The van der Waals surface area contributed by atoms with Crippen LogP contribution >= 0.6 is 0 Å². The molecule has 1 aromatic heterocycles. The van der Waals surface area contributed by atoms with Gasteiger partial charge in [0.15, 0.2) is 0 Å². The Bertz CT molecular complexity index is 816. The standard InChI is InChI=1S/C16H15FN4O/c1-21-13(2-5-20-21)14-10(8-18)15-9(6-11(14)17)12(19)7-16(22-15)3-4-16/h2,5-6,12H,3-4,7,19H2,1H3. The average molecular weight is 298 g/mol. The van der Waals surface area contributed by atoms with Gasteiger partial charge in [-0.2, -0.15) is 10.4 Å². The highest BCUT2D eigenvalue weighted by Crippen LogP contribution is 2.53. The van der Waals surface area contributed by atoms with Crippen molar-refractivity contribution in [3.63, 3.8) is 0 Å². The Kier molecular flexibility index (Phi) is 2.60. The minimum Gasteiger partial charge on any atom is -0.485 e. The van der Waals surface area contributed by atoms with Gasteiger partial charge in [0.25, 0.3) is 0 Å². The van der Waals surface area contributed by atoms with Crippen molar-refractivity contribution in [2.75, 3.05) is 0 Å². The molecule has 22 heavy (non-hydrogen) atoms. The number of nitrogens with two attached hydrogens (primary N) is 1. The summed E-state index contributed by atoms with van der Waals surface area (Å²) >= 11 is 0. The van der Waals surface area contributed by atoms with Crippen LogP contribution in [0, 0.1) is 17.1 Å². The van der Waals surface area contributed by atoms with Crippen LogP contribution in [0.25, 0.3) is 11.3 Å². The van der Waals surface area contributed by atoms with Crippen LogP contribution in [0.4, 0.5) is 4.39 Å². The van der Waals surface area contributed by atoms with E-state index in [-0.39, 0.29) is 22.8 Å². The van der Waals surface area contributed by atoms with Gasteiger partial charge in [0.1, 0.15) is 28.8 Å². The summed E-state index contributed by atoms with van der Waals surface area (Å²) in [6, 6.07) is 4.89. The summed E-state index contributed by atoms with van der Waals surface area (Å²) in [4.78, 5) is 0. The second-order valence-electron chi connectivity index (χ2n) is 6.07. The molecule has 2 heterocycles. The number of halogens is 1. The Balaban J connectivity index is 1.99. The monoisotopic (exact) mass is 298 g/mol. The van der Waals surface area contributed by atoms with E-state index in [9.17, 15) is 9.65 Å². The number of ether oxygens (including phenoxy) is 1. The predicted octanol–water partition coefficient (Wildman–Crippen LogP) is 2.41. The summed E-state index contributed by atoms with van der Waals surface area (Å²) < 4.78 is 22.2. The van der Waals surface area contributed by atoms with Crippen LogP contribution in [-0.2, 0) is 7.05 Å². The molecule has 0 amide bonds. The lowest BCUT2D eigenvalue weighted by molar-refractivity contribution is 0.136. The van der Waals surface area contributed by atoms with E-state index in [1.165, 1.54) is 6.07 Å². The predicted molar refractivity (Wildman–Crippen MR) is 77.5 cm³/mol. The maximum Gasteiger partial charge on any atom is 0.143 e. The first-order valence-corrected chi connectivity index (χ1v) is 7.24. The van der Waals surface area contributed by atoms with Crippen LogP contribution in [0.2, 0.25) is 0 Å². The highest BCUT2D eigenvalue weighted by atomic mass is 19.1. The fraction of sp³-hybridized carbons (Fsp3) is 0.375. The average Bonchev–Trinajstić information content (AvgIpc) is 3.09. The number of hydrogen-bond acceptors (Lipinski definition) is 4. The number of aryl methyl sites for hydroxylation is 1. The highest BCUT2D eigenvalue weighted by molar-refractivity contribution is 5.74. The summed E-state index contributed by atoms with van der Waals surface area (Å²) in [5.41, 5.74) is 7.49. The smallest absolute Gasteiger partial charge is 0.143 e. The summed E-state index contributed by atoms with van der Waals surface area (Å²) in [5, 5.41) is 13.7. The third-order valence-electron chi connectivity index (χ3n) is 4.57. The summed E-state index contributed by atoms with van der Waals surface area (Å²) in [5.74, 6) is -0.0268. The van der Waals surface area contributed by atoms with Crippen molar-refractivity contribution in [1.82, 2.24) is 9.78 Å². The molecular weight excluding hydrogens is 283 g/mol. The van der Waals surface area contributed by atoms with Crippen LogP contribution in [0.3, 0.4) is 0 Å². The van der Waals surface area contributed by atoms with E-state index in [2.05, 4.69) is 11.2 Å². The summed E-state index contributed by atoms with van der Waals surface area (Å²) in [6.45, 7) is 0. The number of rotatable bonds is 1. The number of aromatic nitrogens is 2. The molecule has 1 fully saturated rings. The fourth-order valence-corrected chi connectivity index (χ4v) is 3.23. The van der Waals surface area contributed by atoms with Gasteiger partial charge in [-0.1, -0.05) is 0 Å². The van der Waals surface area contributed by atoms with Crippen molar-refractivity contribution in [1.29, 1.82) is 5.26 Å². The van der Waals surface area contributed by atoms with Crippen LogP contribution < -0.4 is 10.5 Å². The summed E-state index contributed by atoms with van der Waals surface area (Å²) in [7, 11) is 1.71. The molecule has 1 aromatic carbocycles. The number of benzene rings is 1. The van der Waals surface area contributed by atoms with Crippen molar-refractivity contribution >= 4 is 0 Å². The second-order valence-corrected chi connectivity index (χ2v) is 6.07. The van der Waals surface area contributed by atoms with Gasteiger partial charge < -0.3 is 10.5 Å². The first kappa shape index (κ1) is 13.3. The van der Waals surface area contributed by atoms with Crippen molar-refractivity contribution in [3.8, 4) is 23.1 Å². The first-order valence-electron chi connectivity index (χ1n) is 7.24. The molecule has 4 rings (SSSR count). The zero-order chi connectivity index (χ0) is 15.5. The normalized spacial score (nSPS) is 21.1. The Labute approximate surface area is 127 Å².